The van der Waals surface area contributed by atoms with Gasteiger partial charge in [-0.3, -0.25) is 9.59 Å². The lowest BCUT2D eigenvalue weighted by Crippen LogP contribution is -2.25. The summed E-state index contributed by atoms with van der Waals surface area (Å²) >= 11 is 0. The van der Waals surface area contributed by atoms with E-state index in [1.54, 1.807) is 6.08 Å². The van der Waals surface area contributed by atoms with Gasteiger partial charge in [0.1, 0.15) is 5.78 Å². The largest absolute Gasteiger partial charge is 0.481 e. The molecule has 0 aromatic rings. The zero-order chi connectivity index (χ0) is 17.2. The molecule has 0 saturated heterocycles. The minimum atomic E-state index is -1.29. The van der Waals surface area contributed by atoms with Crippen molar-refractivity contribution in [3.8, 4) is 0 Å². The third-order valence-electron chi connectivity index (χ3n) is 4.04. The standard InChI is InChI=1S/C17H26O6/c1-2-8-23-9-7-13(18)11-15(17(21)22)14(16(19)20)10-12-5-3-4-6-12/h10,12,15H,2-9,11H2,1H3,(H,19,20)(H,21,22). The number of rotatable bonds is 11. The van der Waals surface area contributed by atoms with Gasteiger partial charge in [-0.2, -0.15) is 0 Å². The van der Waals surface area contributed by atoms with Crippen LogP contribution in [-0.4, -0.2) is 41.1 Å². The molecule has 0 aromatic carbocycles. The Morgan fingerprint density at radius 2 is 1.83 bits per heavy atom. The van der Waals surface area contributed by atoms with E-state index >= 15 is 0 Å². The van der Waals surface area contributed by atoms with E-state index in [2.05, 4.69) is 0 Å². The summed E-state index contributed by atoms with van der Waals surface area (Å²) in [4.78, 5) is 34.8. The molecule has 1 aliphatic carbocycles. The van der Waals surface area contributed by atoms with Crippen LogP contribution in [0, 0.1) is 11.8 Å². The van der Waals surface area contributed by atoms with Gasteiger partial charge in [-0.05, 0) is 25.2 Å². The third kappa shape index (κ3) is 6.95. The van der Waals surface area contributed by atoms with Crippen LogP contribution >= 0.6 is 0 Å². The zero-order valence-corrected chi connectivity index (χ0v) is 13.6. The smallest absolute Gasteiger partial charge is 0.332 e. The lowest BCUT2D eigenvalue weighted by molar-refractivity contribution is -0.145. The maximum atomic E-state index is 11.9. The molecule has 1 rings (SSSR count). The summed E-state index contributed by atoms with van der Waals surface area (Å²) in [5.41, 5.74) is -0.160. The van der Waals surface area contributed by atoms with Gasteiger partial charge in [0.05, 0.1) is 12.5 Å². The summed E-state index contributed by atoms with van der Waals surface area (Å²) in [5, 5.41) is 18.7. The second-order valence-electron chi connectivity index (χ2n) is 5.97. The molecule has 1 saturated carbocycles. The maximum absolute atomic E-state index is 11.9. The first kappa shape index (κ1) is 19.4. The zero-order valence-electron chi connectivity index (χ0n) is 13.6. The Bertz CT molecular complexity index is 448. The number of carbonyl (C=O) groups excluding carboxylic acids is 1. The van der Waals surface area contributed by atoms with Crippen molar-refractivity contribution in [1.82, 2.24) is 0 Å². The highest BCUT2D eigenvalue weighted by atomic mass is 16.5. The second-order valence-corrected chi connectivity index (χ2v) is 5.97. The molecular formula is C17H26O6. The van der Waals surface area contributed by atoms with Gasteiger partial charge >= 0.3 is 11.9 Å². The van der Waals surface area contributed by atoms with Crippen LogP contribution in [-0.2, 0) is 19.1 Å². The van der Waals surface area contributed by atoms with Crippen molar-refractivity contribution >= 4 is 17.7 Å². The number of hydrogen-bond donors (Lipinski definition) is 2. The van der Waals surface area contributed by atoms with Crippen LogP contribution in [0.15, 0.2) is 11.6 Å². The van der Waals surface area contributed by atoms with E-state index in [9.17, 15) is 24.6 Å². The number of carboxylic acid groups (broad SMARTS) is 2. The maximum Gasteiger partial charge on any atom is 0.332 e. The first-order chi connectivity index (χ1) is 11.0. The average Bonchev–Trinajstić information content (AvgIpc) is 3.00. The van der Waals surface area contributed by atoms with Gasteiger partial charge in [0.2, 0.25) is 0 Å². The normalized spacial score (nSPS) is 17.2. The number of aliphatic carboxylic acids is 2. The highest BCUT2D eigenvalue weighted by molar-refractivity contribution is 5.96. The van der Waals surface area contributed by atoms with Gasteiger partial charge in [0.15, 0.2) is 0 Å². The number of carbonyl (C=O) groups is 3. The van der Waals surface area contributed by atoms with Crippen LogP contribution in [0.25, 0.3) is 0 Å². The molecule has 0 amide bonds. The van der Waals surface area contributed by atoms with E-state index in [1.165, 1.54) is 0 Å². The molecule has 0 bridgehead atoms. The average molecular weight is 326 g/mol. The highest BCUT2D eigenvalue weighted by Gasteiger charge is 2.30. The Balaban J connectivity index is 2.71. The fraction of sp³-hybridized carbons (Fsp3) is 0.706. The first-order valence-electron chi connectivity index (χ1n) is 8.23. The van der Waals surface area contributed by atoms with Gasteiger partial charge in [-0.25, -0.2) is 4.79 Å². The van der Waals surface area contributed by atoms with Gasteiger partial charge < -0.3 is 14.9 Å². The minimum absolute atomic E-state index is 0.103. The second kappa shape index (κ2) is 10.2. The molecule has 0 spiro atoms. The molecule has 130 valence electrons. The van der Waals surface area contributed by atoms with Crippen molar-refractivity contribution < 1.29 is 29.3 Å². The van der Waals surface area contributed by atoms with Crippen LogP contribution < -0.4 is 0 Å². The SMILES string of the molecule is CCCOCCC(=O)CC(C(=O)O)C(=CC1CCCC1)C(=O)O. The van der Waals surface area contributed by atoms with E-state index in [1.807, 2.05) is 6.92 Å². The molecule has 6 nitrogen and oxygen atoms in total. The van der Waals surface area contributed by atoms with Crippen LogP contribution in [0.4, 0.5) is 0 Å². The number of ether oxygens (including phenoxy) is 1. The van der Waals surface area contributed by atoms with Crippen molar-refractivity contribution in [1.29, 1.82) is 0 Å². The van der Waals surface area contributed by atoms with E-state index in [0.717, 1.165) is 32.1 Å². The van der Waals surface area contributed by atoms with Gasteiger partial charge in [0, 0.05) is 25.0 Å². The predicted molar refractivity (Wildman–Crippen MR) is 84.2 cm³/mol. The van der Waals surface area contributed by atoms with Gasteiger partial charge in [-0.1, -0.05) is 25.8 Å². The van der Waals surface area contributed by atoms with Crippen molar-refractivity contribution in [2.24, 2.45) is 11.8 Å². The van der Waals surface area contributed by atoms with E-state index < -0.39 is 17.9 Å². The molecule has 1 unspecified atom stereocenters. The molecule has 6 heteroatoms. The molecule has 1 aliphatic rings. The number of hydrogen-bond acceptors (Lipinski definition) is 4. The summed E-state index contributed by atoms with van der Waals surface area (Å²) in [6.45, 7) is 2.75. The fourth-order valence-corrected chi connectivity index (χ4v) is 2.81. The molecule has 0 aromatic heterocycles. The van der Waals surface area contributed by atoms with Crippen LogP contribution in [0.1, 0.15) is 51.9 Å². The number of allylic oxidation sites excluding steroid dienone is 1. The summed E-state index contributed by atoms with van der Waals surface area (Å²) < 4.78 is 5.21. The summed E-state index contributed by atoms with van der Waals surface area (Å²) in [6.07, 6.45) is 6.02. The minimum Gasteiger partial charge on any atom is -0.481 e. The molecule has 1 fully saturated rings. The molecule has 2 N–H and O–H groups in total. The van der Waals surface area contributed by atoms with Gasteiger partial charge in [0.25, 0.3) is 0 Å². The molecule has 23 heavy (non-hydrogen) atoms. The molecule has 0 heterocycles. The van der Waals surface area contributed by atoms with Crippen molar-refractivity contribution in [3.05, 3.63) is 11.6 Å². The molecule has 0 aliphatic heterocycles. The van der Waals surface area contributed by atoms with Crippen LogP contribution in [0.5, 0.6) is 0 Å². The predicted octanol–water partition coefficient (Wildman–Crippen LogP) is 2.66. The molecule has 1 atom stereocenters. The lowest BCUT2D eigenvalue weighted by Gasteiger charge is -2.14. The summed E-state index contributed by atoms with van der Waals surface area (Å²) in [6, 6.07) is 0. The Hall–Kier alpha value is -1.69. The van der Waals surface area contributed by atoms with Crippen LogP contribution in [0.3, 0.4) is 0 Å². The lowest BCUT2D eigenvalue weighted by atomic mass is 9.89. The number of Topliss-reactive ketones (excluding diaryl/α,β-unsaturated/α-hetero) is 1. The Labute approximate surface area is 136 Å². The molecular weight excluding hydrogens is 300 g/mol. The van der Waals surface area contributed by atoms with Crippen LogP contribution in [0.2, 0.25) is 0 Å². The van der Waals surface area contributed by atoms with Crippen molar-refractivity contribution in [2.45, 2.75) is 51.9 Å². The van der Waals surface area contributed by atoms with Crippen molar-refractivity contribution in [2.75, 3.05) is 13.2 Å². The van der Waals surface area contributed by atoms with E-state index in [-0.39, 0.29) is 36.7 Å². The monoisotopic (exact) mass is 326 g/mol. The summed E-state index contributed by atoms with van der Waals surface area (Å²) in [7, 11) is 0. The van der Waals surface area contributed by atoms with Gasteiger partial charge in [-0.15, -0.1) is 0 Å². The topological polar surface area (TPSA) is 101 Å². The Morgan fingerprint density at radius 1 is 1.17 bits per heavy atom. The first-order valence-corrected chi connectivity index (χ1v) is 8.23. The number of carboxylic acids is 2. The molecule has 0 radical (unpaired) electrons. The fourth-order valence-electron chi connectivity index (χ4n) is 2.81. The quantitative estimate of drug-likeness (QED) is 0.447. The highest BCUT2D eigenvalue weighted by Crippen LogP contribution is 2.29. The Morgan fingerprint density at radius 3 is 2.35 bits per heavy atom. The van der Waals surface area contributed by atoms with E-state index in [0.29, 0.717) is 6.61 Å². The third-order valence-corrected chi connectivity index (χ3v) is 4.04. The summed E-state index contributed by atoms with van der Waals surface area (Å²) in [5.74, 6) is -3.98. The van der Waals surface area contributed by atoms with E-state index in [4.69, 9.17) is 4.74 Å². The van der Waals surface area contributed by atoms with Crippen molar-refractivity contribution in [3.63, 3.8) is 0 Å². The Kier molecular flexibility index (Phi) is 8.55. The number of ketones is 1.